The highest BCUT2D eigenvalue weighted by atomic mass is 16.6. The smallest absolute Gasteiger partial charge is 0.0724 e. The fourth-order valence-corrected chi connectivity index (χ4v) is 2.84. The van der Waals surface area contributed by atoms with Gasteiger partial charge in [-0.15, -0.1) is 0 Å². The zero-order valence-electron chi connectivity index (χ0n) is 10.8. The molecule has 0 aliphatic carbocycles. The third kappa shape index (κ3) is 2.79. The Morgan fingerprint density at radius 2 is 2.06 bits per heavy atom. The largest absolute Gasteiger partial charge is 0.371 e. The lowest BCUT2D eigenvalue weighted by molar-refractivity contribution is 0.0951. The Hall–Kier alpha value is -1.06. The van der Waals surface area contributed by atoms with Gasteiger partial charge >= 0.3 is 0 Å². The average molecular weight is 234 g/mol. The van der Waals surface area contributed by atoms with Crippen LogP contribution in [0.5, 0.6) is 0 Å². The van der Waals surface area contributed by atoms with Gasteiger partial charge in [0, 0.05) is 24.7 Å². The normalized spacial score (nSPS) is 20.6. The molecule has 1 heterocycles. The van der Waals surface area contributed by atoms with Gasteiger partial charge in [-0.25, -0.2) is 5.90 Å². The van der Waals surface area contributed by atoms with Crippen molar-refractivity contribution < 1.29 is 4.84 Å². The molecule has 1 aliphatic rings. The van der Waals surface area contributed by atoms with Gasteiger partial charge in [0.2, 0.25) is 0 Å². The summed E-state index contributed by atoms with van der Waals surface area (Å²) in [4.78, 5) is 7.28. The molecule has 1 aromatic carbocycles. The topological polar surface area (TPSA) is 38.5 Å². The number of nitrogens with two attached hydrogens (primary N) is 1. The van der Waals surface area contributed by atoms with E-state index in [2.05, 4.69) is 36.9 Å². The van der Waals surface area contributed by atoms with Gasteiger partial charge < -0.3 is 9.74 Å². The molecule has 1 unspecified atom stereocenters. The molecule has 1 aliphatic heterocycles. The van der Waals surface area contributed by atoms with Crippen LogP contribution < -0.4 is 10.8 Å². The summed E-state index contributed by atoms with van der Waals surface area (Å²) in [6, 6.07) is 6.50. The number of aryl methyl sites for hydroxylation is 2. The minimum absolute atomic E-state index is 0.563. The van der Waals surface area contributed by atoms with Gasteiger partial charge in [0.15, 0.2) is 0 Å². The maximum atomic E-state index is 5.18. The molecule has 0 radical (unpaired) electrons. The highest BCUT2D eigenvalue weighted by Gasteiger charge is 2.22. The zero-order valence-corrected chi connectivity index (χ0v) is 10.8. The van der Waals surface area contributed by atoms with Crippen LogP contribution in [-0.2, 0) is 4.84 Å². The molecule has 1 atom stereocenters. The van der Waals surface area contributed by atoms with Gasteiger partial charge in [-0.05, 0) is 37.8 Å². The van der Waals surface area contributed by atoms with E-state index in [1.54, 1.807) is 0 Å². The van der Waals surface area contributed by atoms with Crippen LogP contribution in [0, 0.1) is 19.8 Å². The third-order valence-corrected chi connectivity index (χ3v) is 3.61. The molecule has 0 bridgehead atoms. The molecule has 3 heteroatoms. The van der Waals surface area contributed by atoms with Gasteiger partial charge in [0.05, 0.1) is 6.61 Å². The van der Waals surface area contributed by atoms with Crippen LogP contribution in [0.4, 0.5) is 5.69 Å². The predicted molar refractivity (Wildman–Crippen MR) is 71.0 cm³/mol. The lowest BCUT2D eigenvalue weighted by atomic mass is 9.97. The first-order valence-electron chi connectivity index (χ1n) is 6.35. The number of para-hydroxylation sites is 1. The molecule has 2 rings (SSSR count). The van der Waals surface area contributed by atoms with E-state index in [4.69, 9.17) is 10.7 Å². The molecule has 2 N–H and O–H groups in total. The van der Waals surface area contributed by atoms with E-state index < -0.39 is 0 Å². The summed E-state index contributed by atoms with van der Waals surface area (Å²) in [6.45, 7) is 7.24. The summed E-state index contributed by atoms with van der Waals surface area (Å²) in [7, 11) is 0. The number of nitrogens with zero attached hydrogens (tertiary/aromatic N) is 1. The van der Waals surface area contributed by atoms with Gasteiger partial charge in [-0.2, -0.15) is 0 Å². The quantitative estimate of drug-likeness (QED) is 0.816. The van der Waals surface area contributed by atoms with Crippen LogP contribution in [0.15, 0.2) is 18.2 Å². The van der Waals surface area contributed by atoms with E-state index in [-0.39, 0.29) is 0 Å². The lowest BCUT2D eigenvalue weighted by Gasteiger charge is -2.35. The van der Waals surface area contributed by atoms with Crippen LogP contribution in [0.3, 0.4) is 0 Å². The van der Waals surface area contributed by atoms with E-state index >= 15 is 0 Å². The van der Waals surface area contributed by atoms with Crippen molar-refractivity contribution >= 4 is 5.69 Å². The first-order chi connectivity index (χ1) is 8.22. The Kier molecular flexibility index (Phi) is 4.02. The first kappa shape index (κ1) is 12.4. The second-order valence-electron chi connectivity index (χ2n) is 5.03. The van der Waals surface area contributed by atoms with Crippen molar-refractivity contribution in [1.82, 2.24) is 0 Å². The summed E-state index contributed by atoms with van der Waals surface area (Å²) in [6.07, 6.45) is 2.44. The van der Waals surface area contributed by atoms with Crippen LogP contribution >= 0.6 is 0 Å². The average Bonchev–Trinajstić information content (AvgIpc) is 2.30. The van der Waals surface area contributed by atoms with Gasteiger partial charge in [-0.1, -0.05) is 18.2 Å². The molecule has 1 aromatic rings. The molecule has 1 fully saturated rings. The van der Waals surface area contributed by atoms with E-state index in [0.29, 0.717) is 12.5 Å². The minimum Gasteiger partial charge on any atom is -0.371 e. The summed E-state index contributed by atoms with van der Waals surface area (Å²) >= 11 is 0. The monoisotopic (exact) mass is 234 g/mol. The Morgan fingerprint density at radius 1 is 1.35 bits per heavy atom. The number of benzene rings is 1. The number of hydrogen-bond donors (Lipinski definition) is 1. The number of rotatable bonds is 3. The molecule has 3 nitrogen and oxygen atoms in total. The SMILES string of the molecule is Cc1cccc(C)c1N1CCCC(CON)C1. The third-order valence-electron chi connectivity index (χ3n) is 3.61. The van der Waals surface area contributed by atoms with Crippen LogP contribution in [-0.4, -0.2) is 19.7 Å². The Morgan fingerprint density at radius 3 is 2.71 bits per heavy atom. The van der Waals surface area contributed by atoms with Crippen molar-refractivity contribution in [1.29, 1.82) is 0 Å². The van der Waals surface area contributed by atoms with Crippen molar-refractivity contribution in [3.8, 4) is 0 Å². The molecule has 17 heavy (non-hydrogen) atoms. The van der Waals surface area contributed by atoms with Crippen LogP contribution in [0.1, 0.15) is 24.0 Å². The van der Waals surface area contributed by atoms with Gasteiger partial charge in [0.25, 0.3) is 0 Å². The number of hydrogen-bond acceptors (Lipinski definition) is 3. The van der Waals surface area contributed by atoms with Crippen molar-refractivity contribution in [3.63, 3.8) is 0 Å². The summed E-state index contributed by atoms with van der Waals surface area (Å²) in [5.74, 6) is 5.75. The summed E-state index contributed by atoms with van der Waals surface area (Å²) < 4.78 is 0. The van der Waals surface area contributed by atoms with E-state index in [1.165, 1.54) is 29.7 Å². The number of anilines is 1. The lowest BCUT2D eigenvalue weighted by Crippen LogP contribution is -2.38. The highest BCUT2D eigenvalue weighted by molar-refractivity contribution is 5.59. The van der Waals surface area contributed by atoms with Crippen molar-refractivity contribution in [2.24, 2.45) is 11.8 Å². The Bertz CT molecular complexity index is 356. The van der Waals surface area contributed by atoms with Crippen molar-refractivity contribution in [2.75, 3.05) is 24.6 Å². The maximum Gasteiger partial charge on any atom is 0.0724 e. The fraction of sp³-hybridized carbons (Fsp3) is 0.571. The zero-order chi connectivity index (χ0) is 12.3. The van der Waals surface area contributed by atoms with Gasteiger partial charge in [-0.3, -0.25) is 0 Å². The van der Waals surface area contributed by atoms with Gasteiger partial charge in [0.1, 0.15) is 0 Å². The first-order valence-corrected chi connectivity index (χ1v) is 6.35. The Balaban J connectivity index is 2.16. The molecule has 0 amide bonds. The fourth-order valence-electron chi connectivity index (χ4n) is 2.84. The standard InChI is InChI=1S/C14H22N2O/c1-11-5-3-6-12(2)14(11)16-8-4-7-13(9-16)10-17-15/h3,5-6,13H,4,7-10,15H2,1-2H3. The maximum absolute atomic E-state index is 5.18. The van der Waals surface area contributed by atoms with Crippen LogP contribution in [0.2, 0.25) is 0 Å². The van der Waals surface area contributed by atoms with E-state index in [0.717, 1.165) is 13.1 Å². The second-order valence-corrected chi connectivity index (χ2v) is 5.03. The molecule has 0 spiro atoms. The van der Waals surface area contributed by atoms with Crippen molar-refractivity contribution in [3.05, 3.63) is 29.3 Å². The highest BCUT2D eigenvalue weighted by Crippen LogP contribution is 2.29. The Labute approximate surface area is 104 Å². The summed E-state index contributed by atoms with van der Waals surface area (Å²) in [5, 5.41) is 0. The molecule has 0 aromatic heterocycles. The molecular formula is C14H22N2O. The number of piperidine rings is 1. The molecule has 0 saturated carbocycles. The molecule has 94 valence electrons. The van der Waals surface area contributed by atoms with Crippen molar-refractivity contribution in [2.45, 2.75) is 26.7 Å². The van der Waals surface area contributed by atoms with Crippen LogP contribution in [0.25, 0.3) is 0 Å². The summed E-state index contributed by atoms with van der Waals surface area (Å²) in [5.41, 5.74) is 4.12. The van der Waals surface area contributed by atoms with E-state index in [1.807, 2.05) is 0 Å². The molecular weight excluding hydrogens is 212 g/mol. The van der Waals surface area contributed by atoms with E-state index in [9.17, 15) is 0 Å². The second kappa shape index (κ2) is 5.52. The minimum atomic E-state index is 0.563. The molecule has 1 saturated heterocycles. The predicted octanol–water partition coefficient (Wildman–Crippen LogP) is 2.41.